The standard InChI is InChI=1S/C7H11F5/c1-3-4-5(2)6(8,9)7(10,11)12/h5H,3-4H2,1-2H3/t5-/m1/s1. The predicted molar refractivity (Wildman–Crippen MR) is 35.1 cm³/mol. The third-order valence-electron chi connectivity index (χ3n) is 1.72. The average molecular weight is 190 g/mol. The van der Waals surface area contributed by atoms with Crippen molar-refractivity contribution in [3.05, 3.63) is 0 Å². The molecule has 0 aromatic heterocycles. The van der Waals surface area contributed by atoms with Crippen molar-refractivity contribution in [2.75, 3.05) is 0 Å². The molecule has 0 nitrogen and oxygen atoms in total. The van der Waals surface area contributed by atoms with Gasteiger partial charge in [-0.1, -0.05) is 20.3 Å². The van der Waals surface area contributed by atoms with Gasteiger partial charge < -0.3 is 0 Å². The summed E-state index contributed by atoms with van der Waals surface area (Å²) in [6.07, 6.45) is -5.21. The summed E-state index contributed by atoms with van der Waals surface area (Å²) in [6.45, 7) is 2.49. The van der Waals surface area contributed by atoms with Gasteiger partial charge in [0.05, 0.1) is 0 Å². The zero-order valence-corrected chi connectivity index (χ0v) is 6.88. The second kappa shape index (κ2) is 3.58. The van der Waals surface area contributed by atoms with Crippen molar-refractivity contribution in [1.82, 2.24) is 0 Å². The van der Waals surface area contributed by atoms with Gasteiger partial charge in [-0.3, -0.25) is 0 Å². The van der Waals surface area contributed by atoms with E-state index in [0.29, 0.717) is 6.42 Å². The minimum absolute atomic E-state index is 0.119. The van der Waals surface area contributed by atoms with Crippen molar-refractivity contribution in [2.45, 2.75) is 38.8 Å². The molecule has 0 fully saturated rings. The Morgan fingerprint density at radius 1 is 1.08 bits per heavy atom. The summed E-state index contributed by atoms with van der Waals surface area (Å²) in [5.74, 6) is -6.19. The summed E-state index contributed by atoms with van der Waals surface area (Å²) in [5, 5.41) is 0. The maximum atomic E-state index is 12.4. The highest BCUT2D eigenvalue weighted by molar-refractivity contribution is 4.81. The molecule has 0 unspecified atom stereocenters. The monoisotopic (exact) mass is 190 g/mol. The zero-order valence-electron chi connectivity index (χ0n) is 6.88. The van der Waals surface area contributed by atoms with Crippen LogP contribution in [0.4, 0.5) is 22.0 Å². The second-order valence-corrected chi connectivity index (χ2v) is 2.81. The molecule has 1 atom stereocenters. The summed E-state index contributed by atoms with van der Waals surface area (Å²) in [5.41, 5.74) is 0. The van der Waals surface area contributed by atoms with Gasteiger partial charge >= 0.3 is 12.1 Å². The van der Waals surface area contributed by atoms with Crippen LogP contribution in [0.5, 0.6) is 0 Å². The molecular formula is C7H11F5. The highest BCUT2D eigenvalue weighted by Gasteiger charge is 2.60. The lowest BCUT2D eigenvalue weighted by molar-refractivity contribution is -0.301. The topological polar surface area (TPSA) is 0 Å². The van der Waals surface area contributed by atoms with E-state index in [4.69, 9.17) is 0 Å². The lowest BCUT2D eigenvalue weighted by Gasteiger charge is -2.25. The van der Waals surface area contributed by atoms with E-state index in [9.17, 15) is 22.0 Å². The van der Waals surface area contributed by atoms with E-state index in [-0.39, 0.29) is 6.42 Å². The molecule has 0 bridgehead atoms. The zero-order chi connectivity index (χ0) is 9.99. The summed E-state index contributed by atoms with van der Waals surface area (Å²) in [7, 11) is 0. The van der Waals surface area contributed by atoms with Crippen LogP contribution in [-0.2, 0) is 0 Å². The molecule has 12 heavy (non-hydrogen) atoms. The molecule has 0 aromatic rings. The van der Waals surface area contributed by atoms with Crippen molar-refractivity contribution in [3.63, 3.8) is 0 Å². The first kappa shape index (κ1) is 11.6. The van der Waals surface area contributed by atoms with E-state index in [0.717, 1.165) is 6.92 Å². The normalized spacial score (nSPS) is 16.2. The predicted octanol–water partition coefficient (Wildman–Crippen LogP) is 3.62. The van der Waals surface area contributed by atoms with Crippen LogP contribution in [0, 0.1) is 5.92 Å². The van der Waals surface area contributed by atoms with Crippen LogP contribution in [0.25, 0.3) is 0 Å². The number of halogens is 5. The minimum atomic E-state index is -5.42. The van der Waals surface area contributed by atoms with Gasteiger partial charge in [0.1, 0.15) is 0 Å². The molecule has 0 saturated heterocycles. The molecule has 0 aliphatic carbocycles. The summed E-state index contributed by atoms with van der Waals surface area (Å²) >= 11 is 0. The Morgan fingerprint density at radius 2 is 1.50 bits per heavy atom. The number of hydrogen-bond acceptors (Lipinski definition) is 0. The fourth-order valence-corrected chi connectivity index (χ4v) is 0.894. The van der Waals surface area contributed by atoms with E-state index < -0.39 is 18.0 Å². The molecule has 0 radical (unpaired) electrons. The molecule has 0 aliphatic rings. The number of hydrogen-bond donors (Lipinski definition) is 0. The first-order valence-corrected chi connectivity index (χ1v) is 3.68. The number of rotatable bonds is 3. The second-order valence-electron chi connectivity index (χ2n) is 2.81. The molecule has 0 amide bonds. The van der Waals surface area contributed by atoms with Crippen molar-refractivity contribution < 1.29 is 22.0 Å². The molecule has 5 heteroatoms. The summed E-state index contributed by atoms with van der Waals surface area (Å²) < 4.78 is 59.7. The maximum Gasteiger partial charge on any atom is 0.453 e. The van der Waals surface area contributed by atoms with E-state index in [1.165, 1.54) is 0 Å². The molecule has 0 aromatic carbocycles. The van der Waals surface area contributed by atoms with Crippen molar-refractivity contribution in [1.29, 1.82) is 0 Å². The molecule has 0 rings (SSSR count). The quantitative estimate of drug-likeness (QED) is 0.596. The van der Waals surface area contributed by atoms with Crippen LogP contribution in [-0.4, -0.2) is 12.1 Å². The Kier molecular flexibility index (Phi) is 3.47. The molecule has 0 heterocycles. The Hall–Kier alpha value is -0.350. The molecular weight excluding hydrogens is 179 g/mol. The molecule has 0 saturated carbocycles. The Morgan fingerprint density at radius 3 is 1.75 bits per heavy atom. The van der Waals surface area contributed by atoms with Crippen LogP contribution < -0.4 is 0 Å². The van der Waals surface area contributed by atoms with Crippen LogP contribution >= 0.6 is 0 Å². The molecule has 74 valence electrons. The van der Waals surface area contributed by atoms with Crippen LogP contribution in [0.15, 0.2) is 0 Å². The largest absolute Gasteiger partial charge is 0.453 e. The summed E-state index contributed by atoms with van der Waals surface area (Å²) in [6, 6.07) is 0. The van der Waals surface area contributed by atoms with E-state index >= 15 is 0 Å². The van der Waals surface area contributed by atoms with Crippen molar-refractivity contribution >= 4 is 0 Å². The fourth-order valence-electron chi connectivity index (χ4n) is 0.894. The molecule has 0 N–H and O–H groups in total. The molecule has 0 spiro atoms. The average Bonchev–Trinajstić information content (AvgIpc) is 1.85. The maximum absolute atomic E-state index is 12.4. The highest BCUT2D eigenvalue weighted by atomic mass is 19.4. The Balaban J connectivity index is 4.38. The van der Waals surface area contributed by atoms with Gasteiger partial charge in [0.15, 0.2) is 0 Å². The smallest absolute Gasteiger partial charge is 0.196 e. The van der Waals surface area contributed by atoms with E-state index in [1.807, 2.05) is 0 Å². The van der Waals surface area contributed by atoms with Crippen LogP contribution in [0.2, 0.25) is 0 Å². The third-order valence-corrected chi connectivity index (χ3v) is 1.72. The lowest BCUT2D eigenvalue weighted by atomic mass is 9.98. The van der Waals surface area contributed by atoms with Gasteiger partial charge in [-0.05, 0) is 6.42 Å². The fraction of sp³-hybridized carbons (Fsp3) is 1.00. The van der Waals surface area contributed by atoms with Gasteiger partial charge in [0, 0.05) is 5.92 Å². The summed E-state index contributed by atoms with van der Waals surface area (Å²) in [4.78, 5) is 0. The van der Waals surface area contributed by atoms with Crippen molar-refractivity contribution in [3.8, 4) is 0 Å². The lowest BCUT2D eigenvalue weighted by Crippen LogP contribution is -2.42. The highest BCUT2D eigenvalue weighted by Crippen LogP contribution is 2.42. The number of alkyl halides is 5. The third kappa shape index (κ3) is 2.32. The van der Waals surface area contributed by atoms with E-state index in [2.05, 4.69) is 0 Å². The van der Waals surface area contributed by atoms with Crippen LogP contribution in [0.1, 0.15) is 26.7 Å². The van der Waals surface area contributed by atoms with Crippen LogP contribution in [0.3, 0.4) is 0 Å². The Labute approximate surface area is 67.8 Å². The van der Waals surface area contributed by atoms with Crippen molar-refractivity contribution in [2.24, 2.45) is 5.92 Å². The Bertz CT molecular complexity index is 137. The first-order chi connectivity index (χ1) is 5.23. The molecule has 0 aliphatic heterocycles. The van der Waals surface area contributed by atoms with Gasteiger partial charge in [0.25, 0.3) is 0 Å². The minimum Gasteiger partial charge on any atom is -0.196 e. The van der Waals surface area contributed by atoms with Gasteiger partial charge in [0.2, 0.25) is 0 Å². The SMILES string of the molecule is CCC[C@@H](C)C(F)(F)C(F)(F)F. The van der Waals surface area contributed by atoms with E-state index in [1.54, 1.807) is 6.92 Å². The van der Waals surface area contributed by atoms with Gasteiger partial charge in [-0.2, -0.15) is 22.0 Å². The van der Waals surface area contributed by atoms with Gasteiger partial charge in [-0.15, -0.1) is 0 Å². The first-order valence-electron chi connectivity index (χ1n) is 3.68. The van der Waals surface area contributed by atoms with Gasteiger partial charge in [-0.25, -0.2) is 0 Å².